The molecule has 0 saturated heterocycles. The average Bonchev–Trinajstić information content (AvgIpc) is 0.752. The number of benzene rings is 10. The molecule has 2 N–H and O–H groups in total. The molecule has 0 amide bonds. The van der Waals surface area contributed by atoms with E-state index in [1.54, 1.807) is 151 Å². The Morgan fingerprint density at radius 3 is 0.923 bits per heavy atom. The van der Waals surface area contributed by atoms with E-state index in [2.05, 4.69) is 106 Å². The normalized spacial score (nSPS) is 12.5. The Hall–Kier alpha value is -5.82. The summed E-state index contributed by atoms with van der Waals surface area (Å²) < 4.78 is 116. The molecule has 59 heteroatoms. The van der Waals surface area contributed by atoms with Crippen LogP contribution in [0.15, 0.2) is 295 Å². The van der Waals surface area contributed by atoms with Crippen LogP contribution in [0.4, 0.5) is 0 Å². The summed E-state index contributed by atoms with van der Waals surface area (Å²) in [5.41, 5.74) is 22.5. The van der Waals surface area contributed by atoms with E-state index in [0.29, 0.717) is 59.0 Å². The van der Waals surface area contributed by atoms with Gasteiger partial charge in [0, 0.05) is 73.5 Å². The van der Waals surface area contributed by atoms with Gasteiger partial charge in [-0.25, -0.2) is 0 Å². The van der Waals surface area contributed by atoms with Crippen LogP contribution in [0.25, 0.3) is 20.9 Å². The average molecular weight is 2310 g/mol. The van der Waals surface area contributed by atoms with Crippen molar-refractivity contribution in [3.8, 4) is 46.0 Å². The van der Waals surface area contributed by atoms with E-state index in [1.807, 2.05) is 158 Å². The van der Waals surface area contributed by atoms with Crippen LogP contribution in [0.2, 0.25) is 0 Å². The molecule has 142 heavy (non-hydrogen) atoms. The molecule has 10 atom stereocenters. The second-order valence-corrected chi connectivity index (χ2v) is 56.2. The summed E-state index contributed by atoms with van der Waals surface area (Å²) in [6, 6.07) is 78.1. The third kappa shape index (κ3) is 47.4. The summed E-state index contributed by atoms with van der Waals surface area (Å²) in [6.45, 7) is 0.491. The van der Waals surface area contributed by atoms with Gasteiger partial charge in [-0.2, -0.15) is 0 Å². The maximum Gasteiger partial charge on any atom is 1.00 e. The van der Waals surface area contributed by atoms with Crippen molar-refractivity contribution in [1.29, 1.82) is 0 Å². The van der Waals surface area contributed by atoms with Gasteiger partial charge >= 0.3 is 103 Å². The molecule has 10 aromatic rings. The standard InChI is InChI=1S/C45H46N9O10P5S2.C38H47N9O10P4S2.2Na.2H5P3/c1-52(65(70)63-41-23-13-36(14-24-41)29-30-54(34-67(55,56)57)35-68(58,59)60)47-31-37-15-19-39(20-16-37)61-33-49-69(43-9-5-3-6-10-43,44-11-7-4-8-12-44)45-27-25-42(26-28-45)64-66(71)53(2)48-32-38-17-21-40(22-18-38)62-51-50-46;1-45(58(62)56-37-19-7-31(8-20-37)23-24-47(29-60(48,50-3)51-4)30-61(49,52-5)53-6)41-26-33-9-15-35(16-10-33)54-28-40-25-32-13-21-38(22-14-32)57-59(63)46(2)42-27-34-11-17-36(18-12-34)55-44-43-39;;;2*1-3-2/h3-28,31-32H,29-30,33-35H2,1-2H3,(H2-2,55,56,57,58,59,60);7-22,25-27H,23-24,28-30H2,1-6H3;;;2*3H,1-2H2/q;+2;2*+1;;. The van der Waals surface area contributed by atoms with E-state index >= 15 is 0 Å². The molecule has 10 rings (SSSR count). The Morgan fingerprint density at radius 2 is 0.634 bits per heavy atom. The molecule has 0 heterocycles. The number of hydrogen-bond donors (Lipinski definition) is 2. The first kappa shape index (κ1) is 127. The minimum atomic E-state index is -4.80. The number of nitrogens with zero attached hydrogens (tertiary/aromatic N) is 18. The first-order valence-corrected chi connectivity index (χ1v) is 67.6. The van der Waals surface area contributed by atoms with Crippen LogP contribution in [0.3, 0.4) is 0 Å². The van der Waals surface area contributed by atoms with Gasteiger partial charge in [-0.1, -0.05) is 120 Å². The van der Waals surface area contributed by atoms with Crippen molar-refractivity contribution < 1.29 is 152 Å². The third-order valence-electron chi connectivity index (χ3n) is 18.4. The molecule has 0 saturated carbocycles. The van der Waals surface area contributed by atoms with Crippen LogP contribution in [0, 0.1) is 0 Å². The molecule has 742 valence electrons. The minimum Gasteiger partial charge on any atom is -0.778 e. The SMILES string of the molecule is CN(N=Cc1ccc(OCN=P(c2ccccc2)(c2ccccc2)c2ccc(O[P+](=S)N(C)N=Cc3ccc(ON=[N+]=[N-])cc3)cc2)cc1)[P+](=S)Oc1ccc(CCN(CP(=O)([O-])O)CP(=O)([O-])O)cc1.COP(=O)(CN(CCc1ccc(O[P+](=S)N(C)N=Cc2ccc(OCN=Cc3ccc(O[P+](=S)N(C)N=Cc4ccc(ON=[N+]=[N-])cc4)cc3)cc2)cc1)CP(=O)(OC)OC)OC.PPP.PPP.[Na+].[Na+]. The molecule has 0 aliphatic heterocycles. The molecule has 0 fully saturated rings. The molecule has 0 radical (unpaired) electrons. The van der Waals surface area contributed by atoms with Gasteiger partial charge in [0.1, 0.15) is 61.3 Å². The van der Waals surface area contributed by atoms with Crippen molar-refractivity contribution in [3.63, 3.8) is 0 Å². The molecule has 0 aliphatic rings. The van der Waals surface area contributed by atoms with Crippen LogP contribution in [0.1, 0.15) is 38.9 Å². The molecule has 0 aromatic heterocycles. The quantitative estimate of drug-likeness (QED) is 0.00680. The number of hydrazone groups is 4. The Morgan fingerprint density at radius 1 is 0.380 bits per heavy atom. The van der Waals surface area contributed by atoms with Gasteiger partial charge in [0.25, 0.3) is 0 Å². The number of azide groups is 2. The van der Waals surface area contributed by atoms with Gasteiger partial charge in [-0.05, 0) is 233 Å². The first-order chi connectivity index (χ1) is 67.1. The largest absolute Gasteiger partial charge is 1.00 e. The zero-order chi connectivity index (χ0) is 102. The second kappa shape index (κ2) is 68.0. The Kier molecular flexibility index (Phi) is 60.6. The summed E-state index contributed by atoms with van der Waals surface area (Å²) in [7, 11) is -1.05. The van der Waals surface area contributed by atoms with Gasteiger partial charge in [0.05, 0.1) is 72.7 Å². The summed E-state index contributed by atoms with van der Waals surface area (Å²) in [4.78, 5) is 62.9. The van der Waals surface area contributed by atoms with Crippen LogP contribution in [-0.2, 0) is 96.4 Å². The van der Waals surface area contributed by atoms with Crippen molar-refractivity contribution in [2.75, 3.05) is 108 Å². The fourth-order valence-electron chi connectivity index (χ4n) is 11.5. The summed E-state index contributed by atoms with van der Waals surface area (Å²) in [6.07, 6.45) is 7.06. The van der Waals surface area contributed by atoms with Crippen molar-refractivity contribution in [3.05, 3.63) is 315 Å². The van der Waals surface area contributed by atoms with Gasteiger partial charge in [-0.15, -0.1) is 56.1 Å². The van der Waals surface area contributed by atoms with Crippen LogP contribution in [-0.4, -0.2) is 178 Å². The van der Waals surface area contributed by atoms with Gasteiger partial charge in [-0.3, -0.25) is 46.8 Å². The Balaban J connectivity index is 0.000000471. The fourth-order valence-corrected chi connectivity index (χ4v) is 22.7. The molecule has 10 unspecified atom stereocenters. The van der Waals surface area contributed by atoms with Crippen LogP contribution < -0.4 is 122 Å². The van der Waals surface area contributed by atoms with Gasteiger partial charge in [0.15, 0.2) is 36.5 Å². The maximum absolute atomic E-state index is 12.8. The zero-order valence-corrected chi connectivity index (χ0v) is 100. The number of aliphatic imine (C=N–C) groups is 1. The van der Waals surface area contributed by atoms with Gasteiger partial charge < -0.3 is 65.9 Å². The molecular formula is C83H103N18Na2O20P15S4+4. The zero-order valence-electron chi connectivity index (χ0n) is 78.5. The van der Waals surface area contributed by atoms with Crippen molar-refractivity contribution >= 4 is 212 Å². The second-order valence-electron chi connectivity index (χ2n) is 28.1. The molecular weight excluding hydrogens is 2210 g/mol. The summed E-state index contributed by atoms with van der Waals surface area (Å²) >= 11 is 22.4. The fraction of sp³-hybridized carbons (Fsp3) is 0.217. The Labute approximate surface area is 906 Å². The first-order valence-electron chi connectivity index (χ1n) is 40.7. The number of rotatable bonds is 52. The predicted octanol–water partition coefficient (Wildman–Crippen LogP) is 14.1. The smallest absolute Gasteiger partial charge is 0.778 e. The van der Waals surface area contributed by atoms with E-state index in [1.165, 1.54) is 33.2 Å². The number of ether oxygens (including phenoxy) is 2. The molecule has 10 aromatic carbocycles. The Bertz CT molecular complexity index is 6040. The van der Waals surface area contributed by atoms with Crippen molar-refractivity contribution in [1.82, 2.24) is 28.9 Å². The van der Waals surface area contributed by atoms with Crippen LogP contribution in [0.5, 0.6) is 46.0 Å². The van der Waals surface area contributed by atoms with E-state index < -0.39 is 78.3 Å². The summed E-state index contributed by atoms with van der Waals surface area (Å²) in [5.74, 6) is 4.28. The van der Waals surface area contributed by atoms with Crippen molar-refractivity contribution in [2.45, 2.75) is 12.8 Å². The molecule has 0 bridgehead atoms. The maximum atomic E-state index is 12.8. The molecule has 0 aliphatic carbocycles. The van der Waals surface area contributed by atoms with Crippen molar-refractivity contribution in [2.24, 2.45) is 40.7 Å². The predicted molar refractivity (Wildman–Crippen MR) is 591 cm³/mol. The van der Waals surface area contributed by atoms with E-state index in [0.717, 1.165) is 75.7 Å². The van der Waals surface area contributed by atoms with E-state index in [-0.39, 0.29) is 98.1 Å². The topological polar surface area (TPSA) is 457 Å². The molecule has 0 spiro atoms. The molecule has 38 nitrogen and oxygen atoms in total. The number of hydrogen-bond acceptors (Lipinski definition) is 32. The monoisotopic (exact) mass is 2310 g/mol. The van der Waals surface area contributed by atoms with E-state index in [9.17, 15) is 37.8 Å². The summed E-state index contributed by atoms with van der Waals surface area (Å²) in [5, 5.41) is 27.0. The van der Waals surface area contributed by atoms with E-state index in [4.69, 9.17) is 118 Å². The third-order valence-corrected chi connectivity index (χ3v) is 34.8. The van der Waals surface area contributed by atoms with Gasteiger partial charge in [0.2, 0.25) is 47.2 Å². The van der Waals surface area contributed by atoms with Crippen LogP contribution >= 0.6 is 117 Å². The minimum absolute atomic E-state index is 0.